The van der Waals surface area contributed by atoms with Gasteiger partial charge in [0.25, 0.3) is 0 Å². The molecule has 3 aliphatic rings. The molecule has 2 saturated heterocycles. The Balaban J connectivity index is 1.37. The van der Waals surface area contributed by atoms with Crippen molar-refractivity contribution in [1.29, 1.82) is 0 Å². The summed E-state index contributed by atoms with van der Waals surface area (Å²) in [4.78, 5) is 2.68. The van der Waals surface area contributed by atoms with E-state index in [1.54, 1.807) is 0 Å². The van der Waals surface area contributed by atoms with Crippen molar-refractivity contribution >= 4 is 5.82 Å². The minimum Gasteiger partial charge on any atom is -0.381 e. The Kier molecular flexibility index (Phi) is 3.63. The molecule has 1 aromatic rings. The molecule has 116 valence electrons. The monoisotopic (exact) mass is 290 g/mol. The quantitative estimate of drug-likeness (QED) is 0.900. The van der Waals surface area contributed by atoms with Gasteiger partial charge >= 0.3 is 0 Å². The van der Waals surface area contributed by atoms with Gasteiger partial charge in [-0.15, -0.1) is 0 Å². The Labute approximate surface area is 126 Å². The lowest BCUT2D eigenvalue weighted by Gasteiger charge is -2.20. The molecule has 2 aliphatic heterocycles. The zero-order valence-electron chi connectivity index (χ0n) is 12.9. The van der Waals surface area contributed by atoms with Crippen LogP contribution in [0.25, 0.3) is 0 Å². The van der Waals surface area contributed by atoms with Crippen LogP contribution >= 0.6 is 0 Å². The number of hydrogen-bond donors (Lipinski definition) is 1. The second kappa shape index (κ2) is 5.61. The number of likely N-dealkylation sites (tertiary alicyclic amines) is 1. The molecule has 4 rings (SSSR count). The van der Waals surface area contributed by atoms with Gasteiger partial charge in [-0.3, -0.25) is 4.90 Å². The average molecular weight is 290 g/mol. The first kappa shape index (κ1) is 13.6. The molecule has 1 N–H and O–H groups in total. The number of anilines is 1. The van der Waals surface area contributed by atoms with Gasteiger partial charge in [0.2, 0.25) is 0 Å². The normalized spacial score (nSPS) is 33.7. The molecule has 21 heavy (non-hydrogen) atoms. The lowest BCUT2D eigenvalue weighted by molar-refractivity contribution is 0.181. The zero-order chi connectivity index (χ0) is 14.2. The van der Waals surface area contributed by atoms with Crippen LogP contribution in [0.2, 0.25) is 0 Å². The number of aromatic nitrogens is 2. The van der Waals surface area contributed by atoms with E-state index in [0.29, 0.717) is 12.0 Å². The van der Waals surface area contributed by atoms with Crippen LogP contribution in [0, 0.1) is 5.92 Å². The smallest absolute Gasteiger partial charge is 0.124 e. The molecule has 0 aromatic carbocycles. The summed E-state index contributed by atoms with van der Waals surface area (Å²) < 4.78 is 7.60. The minimum absolute atomic E-state index is 0.566. The first-order valence-electron chi connectivity index (χ1n) is 8.41. The first-order chi connectivity index (χ1) is 10.3. The number of nitrogens with one attached hydrogen (secondary N) is 1. The molecule has 0 radical (unpaired) electrons. The molecule has 1 saturated carbocycles. The van der Waals surface area contributed by atoms with Crippen molar-refractivity contribution in [1.82, 2.24) is 14.7 Å². The summed E-state index contributed by atoms with van der Waals surface area (Å²) in [6.07, 6.45) is 7.12. The van der Waals surface area contributed by atoms with Crippen molar-refractivity contribution in [2.24, 2.45) is 5.92 Å². The van der Waals surface area contributed by atoms with Crippen LogP contribution in [0.3, 0.4) is 0 Å². The Hall–Kier alpha value is -1.07. The van der Waals surface area contributed by atoms with E-state index in [1.807, 2.05) is 6.20 Å². The number of nitrogens with zero attached hydrogens (tertiary/aromatic N) is 3. The van der Waals surface area contributed by atoms with Crippen LogP contribution in [0.4, 0.5) is 5.82 Å². The molecule has 0 amide bonds. The molecule has 1 aromatic heterocycles. The van der Waals surface area contributed by atoms with Crippen molar-refractivity contribution in [3.05, 3.63) is 12.3 Å². The van der Waals surface area contributed by atoms with Crippen molar-refractivity contribution in [3.8, 4) is 0 Å². The maximum atomic E-state index is 5.47. The van der Waals surface area contributed by atoms with Crippen LogP contribution < -0.4 is 5.32 Å². The fourth-order valence-corrected chi connectivity index (χ4v) is 3.86. The van der Waals surface area contributed by atoms with Crippen LogP contribution in [-0.4, -0.2) is 52.6 Å². The topological polar surface area (TPSA) is 42.3 Å². The molecular formula is C16H26N4O. The fraction of sp³-hybridized carbons (Fsp3) is 0.812. The van der Waals surface area contributed by atoms with E-state index in [9.17, 15) is 0 Å². The highest BCUT2D eigenvalue weighted by Crippen LogP contribution is 2.34. The molecular weight excluding hydrogens is 264 g/mol. The number of rotatable bonds is 5. The minimum atomic E-state index is 0.566. The Morgan fingerprint density at radius 3 is 3.05 bits per heavy atom. The van der Waals surface area contributed by atoms with Crippen molar-refractivity contribution < 1.29 is 4.74 Å². The summed E-state index contributed by atoms with van der Waals surface area (Å²) in [6.45, 7) is 6.32. The maximum Gasteiger partial charge on any atom is 0.124 e. The van der Waals surface area contributed by atoms with Crippen molar-refractivity contribution in [2.45, 2.75) is 57.3 Å². The largest absolute Gasteiger partial charge is 0.381 e. The van der Waals surface area contributed by atoms with E-state index in [-0.39, 0.29) is 0 Å². The first-order valence-corrected chi connectivity index (χ1v) is 8.41. The number of hydrogen-bond acceptors (Lipinski definition) is 4. The van der Waals surface area contributed by atoms with Gasteiger partial charge in [-0.2, -0.15) is 5.10 Å². The lowest BCUT2D eigenvalue weighted by atomic mass is 10.1. The summed E-state index contributed by atoms with van der Waals surface area (Å²) in [5, 5.41) is 8.22. The summed E-state index contributed by atoms with van der Waals surface area (Å²) in [7, 11) is 0. The van der Waals surface area contributed by atoms with Crippen molar-refractivity contribution in [2.75, 3.05) is 25.1 Å². The zero-order valence-corrected chi connectivity index (χ0v) is 12.9. The predicted octanol–water partition coefficient (Wildman–Crippen LogP) is 1.96. The average Bonchev–Trinajstić information content (AvgIpc) is 2.86. The van der Waals surface area contributed by atoms with Gasteiger partial charge in [-0.1, -0.05) is 0 Å². The Bertz CT molecular complexity index is 478. The van der Waals surface area contributed by atoms with Crippen LogP contribution in [0.1, 0.15) is 32.6 Å². The third-order valence-corrected chi connectivity index (χ3v) is 5.16. The molecule has 0 bridgehead atoms. The van der Waals surface area contributed by atoms with Gasteiger partial charge in [0.05, 0.1) is 12.8 Å². The second-order valence-electron chi connectivity index (χ2n) is 6.98. The van der Waals surface area contributed by atoms with Gasteiger partial charge < -0.3 is 10.1 Å². The second-order valence-corrected chi connectivity index (χ2v) is 6.98. The molecule has 3 fully saturated rings. The lowest BCUT2D eigenvalue weighted by Crippen LogP contribution is -2.31. The van der Waals surface area contributed by atoms with Gasteiger partial charge in [-0.25, -0.2) is 4.68 Å². The number of ether oxygens (including phenoxy) is 1. The highest BCUT2D eigenvalue weighted by Gasteiger charge is 2.38. The van der Waals surface area contributed by atoms with E-state index < -0.39 is 0 Å². The fourth-order valence-electron chi connectivity index (χ4n) is 3.86. The molecule has 5 nitrogen and oxygen atoms in total. The van der Waals surface area contributed by atoms with Crippen LogP contribution in [0.15, 0.2) is 12.3 Å². The third kappa shape index (κ3) is 2.94. The van der Waals surface area contributed by atoms with Crippen molar-refractivity contribution in [3.63, 3.8) is 0 Å². The van der Waals surface area contributed by atoms with E-state index in [0.717, 1.165) is 38.3 Å². The maximum absolute atomic E-state index is 5.47. The highest BCUT2D eigenvalue weighted by atomic mass is 16.5. The summed E-state index contributed by atoms with van der Waals surface area (Å²) in [5.41, 5.74) is 0. The van der Waals surface area contributed by atoms with Gasteiger partial charge in [0.15, 0.2) is 0 Å². The summed E-state index contributed by atoms with van der Waals surface area (Å²) in [5.74, 6) is 1.80. The van der Waals surface area contributed by atoms with E-state index in [2.05, 4.69) is 33.0 Å². The molecule has 0 unspecified atom stereocenters. The Morgan fingerprint density at radius 1 is 1.38 bits per heavy atom. The highest BCUT2D eigenvalue weighted by molar-refractivity contribution is 5.36. The SMILES string of the molecule is C[C@@H]1C[C@H](Nc2ccnn2C[C@H]2CCOC2)CN1C1CC1. The molecule has 0 spiro atoms. The summed E-state index contributed by atoms with van der Waals surface area (Å²) in [6, 6.07) is 4.26. The summed E-state index contributed by atoms with van der Waals surface area (Å²) >= 11 is 0. The van der Waals surface area contributed by atoms with E-state index >= 15 is 0 Å². The van der Waals surface area contributed by atoms with Gasteiger partial charge in [0, 0.05) is 49.8 Å². The van der Waals surface area contributed by atoms with E-state index in [1.165, 1.54) is 31.6 Å². The molecule has 3 heterocycles. The van der Waals surface area contributed by atoms with Crippen LogP contribution in [-0.2, 0) is 11.3 Å². The van der Waals surface area contributed by atoms with Crippen LogP contribution in [0.5, 0.6) is 0 Å². The molecule has 1 aliphatic carbocycles. The van der Waals surface area contributed by atoms with E-state index in [4.69, 9.17) is 4.74 Å². The predicted molar refractivity (Wildman–Crippen MR) is 82.4 cm³/mol. The van der Waals surface area contributed by atoms with Gasteiger partial charge in [-0.05, 0) is 32.6 Å². The molecule has 3 atom stereocenters. The Morgan fingerprint density at radius 2 is 2.29 bits per heavy atom. The molecule has 5 heteroatoms. The van der Waals surface area contributed by atoms with Gasteiger partial charge in [0.1, 0.15) is 5.82 Å². The third-order valence-electron chi connectivity index (χ3n) is 5.16. The standard InChI is InChI=1S/C16H26N4O/c1-12-8-14(10-19(12)15-2-3-15)18-16-4-6-17-20(16)9-13-5-7-21-11-13/h4,6,12-15,18H,2-3,5,7-11H2,1H3/t12-,13-,14+/m1/s1.